The van der Waals surface area contributed by atoms with Gasteiger partial charge in [-0.2, -0.15) is 5.10 Å². The highest BCUT2D eigenvalue weighted by Gasteiger charge is 2.41. The molecule has 4 nitrogen and oxygen atoms in total. The highest BCUT2D eigenvalue weighted by Crippen LogP contribution is 2.38. The summed E-state index contributed by atoms with van der Waals surface area (Å²) < 4.78 is 55.2. The molecule has 8 heteroatoms. The highest BCUT2D eigenvalue weighted by atomic mass is 19.3. The first kappa shape index (κ1) is 18.4. The maximum Gasteiger partial charge on any atom is 0.277 e. The number of rotatable bonds is 7. The number of carbonyl (C=O) groups excluding carboxylic acids is 1. The zero-order chi connectivity index (χ0) is 18.8. The van der Waals surface area contributed by atoms with Gasteiger partial charge in [-0.1, -0.05) is 31.2 Å². The van der Waals surface area contributed by atoms with Gasteiger partial charge < -0.3 is 4.90 Å². The first-order valence-electron chi connectivity index (χ1n) is 8.43. The van der Waals surface area contributed by atoms with E-state index in [1.807, 2.05) is 6.92 Å². The molecule has 1 unspecified atom stereocenters. The van der Waals surface area contributed by atoms with Crippen LogP contribution >= 0.6 is 0 Å². The fourth-order valence-electron chi connectivity index (χ4n) is 2.99. The molecule has 140 valence electrons. The van der Waals surface area contributed by atoms with Crippen LogP contribution in [0.15, 0.2) is 30.5 Å². The first-order valence-corrected chi connectivity index (χ1v) is 8.43. The quantitative estimate of drug-likeness (QED) is 0.529. The molecule has 1 saturated carbocycles. The van der Waals surface area contributed by atoms with Crippen LogP contribution in [0.2, 0.25) is 0 Å². The van der Waals surface area contributed by atoms with E-state index in [9.17, 15) is 18.0 Å². The topological polar surface area (TPSA) is 38.1 Å². The Kier molecular flexibility index (Phi) is 5.29. The molecule has 0 bridgehead atoms. The van der Waals surface area contributed by atoms with Gasteiger partial charge in [0, 0.05) is 17.8 Å². The Morgan fingerprint density at radius 2 is 1.96 bits per heavy atom. The van der Waals surface area contributed by atoms with Gasteiger partial charge in [-0.3, -0.25) is 4.79 Å². The number of alkyl halides is 4. The molecule has 2 aromatic rings. The van der Waals surface area contributed by atoms with Gasteiger partial charge in [0.15, 0.2) is 12.5 Å². The van der Waals surface area contributed by atoms with Gasteiger partial charge in [-0.05, 0) is 24.8 Å². The summed E-state index contributed by atoms with van der Waals surface area (Å²) in [7, 11) is 0. The minimum atomic E-state index is -3.00. The molecule has 0 aliphatic heterocycles. The summed E-state index contributed by atoms with van der Waals surface area (Å²) in [5.74, 6) is -0.937. The molecule has 0 spiro atoms. The van der Waals surface area contributed by atoms with Crippen LogP contribution in [0.3, 0.4) is 0 Å². The monoisotopic (exact) mass is 369 g/mol. The predicted molar refractivity (Wildman–Crippen MR) is 87.2 cm³/mol. The maximum absolute atomic E-state index is 15.3. The van der Waals surface area contributed by atoms with Gasteiger partial charge in [0.25, 0.3) is 12.3 Å². The van der Waals surface area contributed by atoms with Crippen LogP contribution in [0, 0.1) is 0 Å². The Hall–Kier alpha value is -2.38. The van der Waals surface area contributed by atoms with Gasteiger partial charge in [0.1, 0.15) is 0 Å². The molecule has 1 amide bonds. The van der Waals surface area contributed by atoms with Crippen molar-refractivity contribution in [2.45, 2.75) is 51.7 Å². The second kappa shape index (κ2) is 7.47. The molecule has 1 aliphatic carbocycles. The summed E-state index contributed by atoms with van der Waals surface area (Å²) in [6, 6.07) is 6.42. The van der Waals surface area contributed by atoms with Gasteiger partial charge in [-0.15, -0.1) is 0 Å². The molecule has 0 saturated heterocycles. The second-order valence-corrected chi connectivity index (χ2v) is 6.22. The number of carbonyl (C=O) groups is 1. The number of hydrogen-bond donors (Lipinski definition) is 0. The standard InChI is InChI=1S/C18H19F4N3O/c1-2-11-5-3-4-6-13(11)17(22)25(12-7-8-12)18(26)15-14(16(20)21)9-24(10-19)23-15/h3-6,9,12,16-17H,2,7-8,10H2,1H3. The molecule has 26 heavy (non-hydrogen) atoms. The molecule has 1 aliphatic rings. The van der Waals surface area contributed by atoms with Crippen LogP contribution in [0.1, 0.15) is 59.7 Å². The van der Waals surface area contributed by atoms with Gasteiger partial charge in [0.05, 0.1) is 5.56 Å². The summed E-state index contributed by atoms with van der Waals surface area (Å²) in [4.78, 5) is 13.8. The summed E-state index contributed by atoms with van der Waals surface area (Å²) in [5, 5.41) is 3.60. The number of aromatic nitrogens is 2. The molecule has 0 N–H and O–H groups in total. The van der Waals surface area contributed by atoms with Crippen molar-refractivity contribution in [3.05, 3.63) is 52.8 Å². The second-order valence-electron chi connectivity index (χ2n) is 6.22. The Labute approximate surface area is 148 Å². The molecular formula is C18H19F4N3O. The fraction of sp³-hybridized carbons (Fsp3) is 0.444. The Balaban J connectivity index is 1.98. The lowest BCUT2D eigenvalue weighted by atomic mass is 10.0. The van der Waals surface area contributed by atoms with Crippen LogP contribution < -0.4 is 0 Å². The van der Waals surface area contributed by atoms with E-state index in [-0.39, 0.29) is 6.04 Å². The summed E-state index contributed by atoms with van der Waals surface area (Å²) in [6.45, 7) is 0.723. The van der Waals surface area contributed by atoms with E-state index in [0.717, 1.165) is 16.7 Å². The zero-order valence-corrected chi connectivity index (χ0v) is 14.2. The Morgan fingerprint density at radius 3 is 2.54 bits per heavy atom. The first-order chi connectivity index (χ1) is 12.5. The third kappa shape index (κ3) is 3.45. The van der Waals surface area contributed by atoms with Gasteiger partial charge >= 0.3 is 0 Å². The molecular weight excluding hydrogens is 350 g/mol. The molecule has 1 aromatic heterocycles. The minimum absolute atomic E-state index is 0.332. The van der Waals surface area contributed by atoms with Crippen LogP contribution in [0.4, 0.5) is 17.6 Å². The number of nitrogens with zero attached hydrogens (tertiary/aromatic N) is 3. The van der Waals surface area contributed by atoms with E-state index in [1.165, 1.54) is 0 Å². The van der Waals surface area contributed by atoms with Crippen molar-refractivity contribution in [3.63, 3.8) is 0 Å². The highest BCUT2D eigenvalue weighted by molar-refractivity contribution is 5.94. The lowest BCUT2D eigenvalue weighted by molar-refractivity contribution is 0.0408. The SMILES string of the molecule is CCc1ccccc1C(F)N(C(=O)c1nn(CF)cc1C(F)F)C1CC1. The fourth-order valence-corrected chi connectivity index (χ4v) is 2.99. The number of benzene rings is 1. The molecule has 1 fully saturated rings. The molecule has 1 heterocycles. The van der Waals surface area contributed by atoms with Crippen LogP contribution in [-0.4, -0.2) is 26.6 Å². The minimum Gasteiger partial charge on any atom is -0.300 e. The Morgan fingerprint density at radius 1 is 1.27 bits per heavy atom. The van der Waals surface area contributed by atoms with E-state index in [2.05, 4.69) is 5.10 Å². The van der Waals surface area contributed by atoms with Crippen molar-refractivity contribution in [2.75, 3.05) is 0 Å². The van der Waals surface area contributed by atoms with Crippen molar-refractivity contribution in [2.24, 2.45) is 0 Å². The van der Waals surface area contributed by atoms with Crippen LogP contribution in [0.25, 0.3) is 0 Å². The van der Waals surface area contributed by atoms with E-state index in [0.29, 0.717) is 29.5 Å². The van der Waals surface area contributed by atoms with Gasteiger partial charge in [-0.25, -0.2) is 22.2 Å². The van der Waals surface area contributed by atoms with Gasteiger partial charge in [0.2, 0.25) is 6.30 Å². The van der Waals surface area contributed by atoms with E-state index < -0.39 is 36.7 Å². The normalized spacial score (nSPS) is 15.3. The third-order valence-electron chi connectivity index (χ3n) is 4.46. The van der Waals surface area contributed by atoms with Crippen molar-refractivity contribution in [1.29, 1.82) is 0 Å². The predicted octanol–water partition coefficient (Wildman–Crippen LogP) is 4.58. The van der Waals surface area contributed by atoms with E-state index in [4.69, 9.17) is 0 Å². The van der Waals surface area contributed by atoms with Crippen molar-refractivity contribution < 1.29 is 22.4 Å². The largest absolute Gasteiger partial charge is 0.300 e. The number of hydrogen-bond acceptors (Lipinski definition) is 2. The number of aryl methyl sites for hydroxylation is 1. The molecule has 1 atom stereocenters. The molecule has 3 rings (SSSR count). The van der Waals surface area contributed by atoms with E-state index >= 15 is 4.39 Å². The average Bonchev–Trinajstić information content (AvgIpc) is 3.37. The summed E-state index contributed by atoms with van der Waals surface area (Å²) in [5.41, 5.74) is -0.212. The number of halogens is 4. The van der Waals surface area contributed by atoms with Crippen LogP contribution in [-0.2, 0) is 13.2 Å². The maximum atomic E-state index is 15.3. The lowest BCUT2D eigenvalue weighted by Crippen LogP contribution is -2.36. The third-order valence-corrected chi connectivity index (χ3v) is 4.46. The van der Waals surface area contributed by atoms with Crippen molar-refractivity contribution >= 4 is 5.91 Å². The summed E-state index contributed by atoms with van der Waals surface area (Å²) in [6.07, 6.45) is -2.23. The van der Waals surface area contributed by atoms with Crippen molar-refractivity contribution in [3.8, 4) is 0 Å². The zero-order valence-electron chi connectivity index (χ0n) is 14.2. The molecule has 0 radical (unpaired) electrons. The molecule has 1 aromatic carbocycles. The van der Waals surface area contributed by atoms with E-state index in [1.54, 1.807) is 24.3 Å². The number of amides is 1. The lowest BCUT2D eigenvalue weighted by Gasteiger charge is -2.27. The average molecular weight is 369 g/mol. The Bertz CT molecular complexity index is 788. The smallest absolute Gasteiger partial charge is 0.277 e. The summed E-state index contributed by atoms with van der Waals surface area (Å²) >= 11 is 0. The van der Waals surface area contributed by atoms with Crippen LogP contribution in [0.5, 0.6) is 0 Å². The van der Waals surface area contributed by atoms with Crippen molar-refractivity contribution in [1.82, 2.24) is 14.7 Å².